The van der Waals surface area contributed by atoms with Crippen molar-refractivity contribution >= 4 is 16.7 Å². The number of hydrogen-bond donors (Lipinski definition) is 1. The second-order valence-corrected chi connectivity index (χ2v) is 6.21. The van der Waals surface area contributed by atoms with Crippen molar-refractivity contribution in [1.82, 2.24) is 9.88 Å². The van der Waals surface area contributed by atoms with Crippen molar-refractivity contribution in [3.05, 3.63) is 82.3 Å². The molecule has 0 radical (unpaired) electrons. The molecular weight excluding hydrogens is 357 g/mol. The SMILES string of the molecule is CC(C(=O)NCc1cccc(C(F)(F)F)c1)n1ccc2ccccc2c1=O. The van der Waals surface area contributed by atoms with Crippen LogP contribution in [0.3, 0.4) is 0 Å². The molecule has 4 nitrogen and oxygen atoms in total. The van der Waals surface area contributed by atoms with Crippen molar-refractivity contribution in [2.45, 2.75) is 25.7 Å². The van der Waals surface area contributed by atoms with E-state index >= 15 is 0 Å². The Labute approximate surface area is 153 Å². The van der Waals surface area contributed by atoms with Crippen LogP contribution in [-0.2, 0) is 17.5 Å². The first-order valence-corrected chi connectivity index (χ1v) is 8.31. The molecule has 1 amide bonds. The van der Waals surface area contributed by atoms with Crippen LogP contribution in [0.5, 0.6) is 0 Å². The summed E-state index contributed by atoms with van der Waals surface area (Å²) in [6.45, 7) is 1.51. The van der Waals surface area contributed by atoms with E-state index in [-0.39, 0.29) is 12.1 Å². The lowest BCUT2D eigenvalue weighted by atomic mass is 10.1. The van der Waals surface area contributed by atoms with Crippen LogP contribution in [0.4, 0.5) is 13.2 Å². The fraction of sp³-hybridized carbons (Fsp3) is 0.200. The third-order valence-corrected chi connectivity index (χ3v) is 4.36. The molecule has 3 aromatic rings. The van der Waals surface area contributed by atoms with Gasteiger partial charge in [0.05, 0.1) is 5.56 Å². The van der Waals surface area contributed by atoms with E-state index in [1.807, 2.05) is 6.07 Å². The maximum atomic E-state index is 12.8. The summed E-state index contributed by atoms with van der Waals surface area (Å²) in [5, 5.41) is 3.86. The number of fused-ring (bicyclic) bond motifs is 1. The van der Waals surface area contributed by atoms with Crippen molar-refractivity contribution in [3.8, 4) is 0 Å². The highest BCUT2D eigenvalue weighted by Crippen LogP contribution is 2.29. The number of carbonyl (C=O) groups excluding carboxylic acids is 1. The molecule has 0 fully saturated rings. The Bertz CT molecular complexity index is 1040. The van der Waals surface area contributed by atoms with Gasteiger partial charge in [0, 0.05) is 18.1 Å². The number of halogens is 3. The second kappa shape index (κ2) is 7.26. The highest BCUT2D eigenvalue weighted by atomic mass is 19.4. The number of aromatic nitrogens is 1. The minimum absolute atomic E-state index is 0.0601. The highest BCUT2D eigenvalue weighted by Gasteiger charge is 2.30. The summed E-state index contributed by atoms with van der Waals surface area (Å²) in [6, 6.07) is 12.8. The molecule has 7 heteroatoms. The molecule has 0 saturated carbocycles. The van der Waals surface area contributed by atoms with Gasteiger partial charge in [0.15, 0.2) is 0 Å². The summed E-state index contributed by atoms with van der Waals surface area (Å²) in [5.41, 5.74) is -0.737. The highest BCUT2D eigenvalue weighted by molar-refractivity contribution is 5.83. The van der Waals surface area contributed by atoms with E-state index in [0.29, 0.717) is 10.9 Å². The molecule has 0 aliphatic heterocycles. The molecule has 0 bridgehead atoms. The quantitative estimate of drug-likeness (QED) is 0.753. The molecule has 1 N–H and O–H groups in total. The fourth-order valence-electron chi connectivity index (χ4n) is 2.83. The Morgan fingerprint density at radius 3 is 2.59 bits per heavy atom. The molecule has 1 aromatic heterocycles. The minimum atomic E-state index is -4.44. The van der Waals surface area contributed by atoms with Gasteiger partial charge in [-0.15, -0.1) is 0 Å². The predicted molar refractivity (Wildman–Crippen MR) is 96.2 cm³/mol. The lowest BCUT2D eigenvalue weighted by molar-refractivity contribution is -0.137. The van der Waals surface area contributed by atoms with Crippen molar-refractivity contribution < 1.29 is 18.0 Å². The van der Waals surface area contributed by atoms with Gasteiger partial charge in [-0.05, 0) is 42.1 Å². The molecule has 27 heavy (non-hydrogen) atoms. The zero-order chi connectivity index (χ0) is 19.6. The summed E-state index contributed by atoms with van der Waals surface area (Å²) < 4.78 is 39.6. The number of pyridine rings is 1. The summed E-state index contributed by atoms with van der Waals surface area (Å²) >= 11 is 0. The molecule has 1 unspecified atom stereocenters. The summed E-state index contributed by atoms with van der Waals surface area (Å²) in [5.74, 6) is -0.454. The molecule has 0 saturated heterocycles. The van der Waals surface area contributed by atoms with Crippen LogP contribution in [0, 0.1) is 0 Å². The second-order valence-electron chi connectivity index (χ2n) is 6.21. The third kappa shape index (κ3) is 4.02. The molecule has 0 aliphatic rings. The van der Waals surface area contributed by atoms with Gasteiger partial charge in [0.1, 0.15) is 6.04 Å². The Balaban J connectivity index is 1.75. The average Bonchev–Trinajstić information content (AvgIpc) is 2.65. The largest absolute Gasteiger partial charge is 0.416 e. The summed E-state index contributed by atoms with van der Waals surface area (Å²) in [6.07, 6.45) is -2.90. The van der Waals surface area contributed by atoms with Gasteiger partial charge in [-0.25, -0.2) is 0 Å². The molecule has 140 valence electrons. The fourth-order valence-corrected chi connectivity index (χ4v) is 2.83. The van der Waals surface area contributed by atoms with Gasteiger partial charge in [0.25, 0.3) is 5.56 Å². The molecule has 0 spiro atoms. The number of benzene rings is 2. The standard InChI is InChI=1S/C20H17F3N2O2/c1-13(25-10-9-15-6-2-3-8-17(15)19(25)27)18(26)24-12-14-5-4-7-16(11-14)20(21,22)23/h2-11,13H,12H2,1H3,(H,24,26). The Kier molecular flexibility index (Phi) is 5.03. The maximum absolute atomic E-state index is 12.8. The molecule has 2 aromatic carbocycles. The van der Waals surface area contributed by atoms with Crippen molar-refractivity contribution in [2.75, 3.05) is 0 Å². The molecule has 0 aliphatic carbocycles. The number of amides is 1. The summed E-state index contributed by atoms with van der Waals surface area (Å²) in [7, 11) is 0. The van der Waals surface area contributed by atoms with E-state index in [1.54, 1.807) is 37.4 Å². The number of alkyl halides is 3. The Morgan fingerprint density at radius 1 is 1.11 bits per heavy atom. The van der Waals surface area contributed by atoms with Gasteiger partial charge in [-0.3, -0.25) is 9.59 Å². The van der Waals surface area contributed by atoms with Gasteiger partial charge >= 0.3 is 6.18 Å². The normalized spacial score (nSPS) is 12.7. The van der Waals surface area contributed by atoms with Gasteiger partial charge < -0.3 is 9.88 Å². The van der Waals surface area contributed by atoms with Gasteiger partial charge in [-0.1, -0.05) is 30.3 Å². The first-order chi connectivity index (χ1) is 12.8. The van der Waals surface area contributed by atoms with Crippen molar-refractivity contribution in [2.24, 2.45) is 0 Å². The van der Waals surface area contributed by atoms with Gasteiger partial charge in [0.2, 0.25) is 5.91 Å². The third-order valence-electron chi connectivity index (χ3n) is 4.36. The monoisotopic (exact) mass is 374 g/mol. The van der Waals surface area contributed by atoms with Crippen LogP contribution >= 0.6 is 0 Å². The number of nitrogens with one attached hydrogen (secondary N) is 1. The summed E-state index contributed by atoms with van der Waals surface area (Å²) in [4.78, 5) is 25.0. The van der Waals surface area contributed by atoms with E-state index in [2.05, 4.69) is 5.32 Å². The first-order valence-electron chi connectivity index (χ1n) is 8.31. The first kappa shape index (κ1) is 18.7. The van der Waals surface area contributed by atoms with Crippen LogP contribution in [-0.4, -0.2) is 10.5 Å². The Morgan fingerprint density at radius 2 is 1.85 bits per heavy atom. The van der Waals surface area contributed by atoms with E-state index in [4.69, 9.17) is 0 Å². The van der Waals surface area contributed by atoms with Crippen LogP contribution in [0.1, 0.15) is 24.1 Å². The van der Waals surface area contributed by atoms with E-state index in [9.17, 15) is 22.8 Å². The molecule has 1 heterocycles. The number of hydrogen-bond acceptors (Lipinski definition) is 2. The lowest BCUT2D eigenvalue weighted by Gasteiger charge is -2.16. The lowest BCUT2D eigenvalue weighted by Crippen LogP contribution is -2.35. The number of rotatable bonds is 4. The van der Waals surface area contributed by atoms with Crippen molar-refractivity contribution in [1.29, 1.82) is 0 Å². The minimum Gasteiger partial charge on any atom is -0.350 e. The molecule has 1 atom stereocenters. The van der Waals surface area contributed by atoms with Crippen molar-refractivity contribution in [3.63, 3.8) is 0 Å². The number of carbonyl (C=O) groups is 1. The van der Waals surface area contributed by atoms with Crippen LogP contribution in [0.15, 0.2) is 65.6 Å². The average molecular weight is 374 g/mol. The topological polar surface area (TPSA) is 51.1 Å². The molecule has 3 rings (SSSR count). The van der Waals surface area contributed by atoms with E-state index in [0.717, 1.165) is 17.5 Å². The Hall–Kier alpha value is -3.09. The van der Waals surface area contributed by atoms with Gasteiger partial charge in [-0.2, -0.15) is 13.2 Å². The number of nitrogens with zero attached hydrogens (tertiary/aromatic N) is 1. The molecular formula is C20H17F3N2O2. The van der Waals surface area contributed by atoms with Crippen LogP contribution < -0.4 is 10.9 Å². The van der Waals surface area contributed by atoms with Crippen LogP contribution in [0.2, 0.25) is 0 Å². The maximum Gasteiger partial charge on any atom is 0.416 e. The van der Waals surface area contributed by atoms with E-state index in [1.165, 1.54) is 16.7 Å². The zero-order valence-corrected chi connectivity index (χ0v) is 14.5. The predicted octanol–water partition coefficient (Wildman–Crippen LogP) is 3.90. The van der Waals surface area contributed by atoms with Crippen LogP contribution in [0.25, 0.3) is 10.8 Å². The smallest absolute Gasteiger partial charge is 0.350 e. The zero-order valence-electron chi connectivity index (χ0n) is 14.5. The van der Waals surface area contributed by atoms with E-state index < -0.39 is 23.7 Å².